The minimum absolute atomic E-state index is 0.0294. The number of hydrogen-bond donors (Lipinski definition) is 0. The number of aryl methyl sites for hydroxylation is 1. The number of carbonyl (C=O) groups is 1. The van der Waals surface area contributed by atoms with Crippen molar-refractivity contribution in [2.75, 3.05) is 26.4 Å². The molecule has 2 aliphatic heterocycles. The van der Waals surface area contributed by atoms with Crippen LogP contribution in [0.5, 0.6) is 5.88 Å². The quantitative estimate of drug-likeness (QED) is 0.841. The van der Waals surface area contributed by atoms with Crippen LogP contribution in [-0.4, -0.2) is 59.2 Å². The normalized spacial score (nSPS) is 21.1. The number of halogens is 3. The fourth-order valence-electron chi connectivity index (χ4n) is 3.12. The standard InChI is InChI=1S/C15H20F3N3O3/c1-10-12(19-21-5-3-7-24-14(10)21)13(22)20(9-15(16,17)18)11-4-2-6-23-8-11/h11H,2-9H2,1H3/t11-/m1/s1. The molecule has 0 aromatic carbocycles. The summed E-state index contributed by atoms with van der Waals surface area (Å²) in [6.07, 6.45) is -2.60. The fourth-order valence-corrected chi connectivity index (χ4v) is 3.12. The molecule has 1 atom stereocenters. The van der Waals surface area contributed by atoms with Crippen molar-refractivity contribution in [3.8, 4) is 5.88 Å². The van der Waals surface area contributed by atoms with Crippen LogP contribution >= 0.6 is 0 Å². The molecule has 6 nitrogen and oxygen atoms in total. The van der Waals surface area contributed by atoms with Crippen LogP contribution in [0.15, 0.2) is 0 Å². The fraction of sp³-hybridized carbons (Fsp3) is 0.733. The smallest absolute Gasteiger partial charge is 0.406 e. The van der Waals surface area contributed by atoms with Gasteiger partial charge in [0.15, 0.2) is 5.69 Å². The summed E-state index contributed by atoms with van der Waals surface area (Å²) < 4.78 is 51.2. The van der Waals surface area contributed by atoms with E-state index in [9.17, 15) is 18.0 Å². The molecule has 0 aliphatic carbocycles. The second-order valence-corrected chi connectivity index (χ2v) is 6.12. The second-order valence-electron chi connectivity index (χ2n) is 6.12. The predicted molar refractivity (Wildman–Crippen MR) is 78.0 cm³/mol. The van der Waals surface area contributed by atoms with E-state index in [4.69, 9.17) is 9.47 Å². The summed E-state index contributed by atoms with van der Waals surface area (Å²) in [4.78, 5) is 13.6. The molecule has 3 rings (SSSR count). The van der Waals surface area contributed by atoms with Gasteiger partial charge >= 0.3 is 6.18 Å². The van der Waals surface area contributed by atoms with Gasteiger partial charge in [-0.25, -0.2) is 4.68 Å². The first-order valence-electron chi connectivity index (χ1n) is 8.02. The summed E-state index contributed by atoms with van der Waals surface area (Å²) in [7, 11) is 0. The van der Waals surface area contributed by atoms with E-state index in [-0.39, 0.29) is 12.3 Å². The molecule has 2 aliphatic rings. The number of alkyl halides is 3. The molecule has 24 heavy (non-hydrogen) atoms. The van der Waals surface area contributed by atoms with Crippen LogP contribution in [0.2, 0.25) is 0 Å². The van der Waals surface area contributed by atoms with Gasteiger partial charge in [0.1, 0.15) is 6.54 Å². The summed E-state index contributed by atoms with van der Waals surface area (Å²) in [5.41, 5.74) is 0.519. The van der Waals surface area contributed by atoms with E-state index in [1.807, 2.05) is 0 Å². The monoisotopic (exact) mass is 347 g/mol. The van der Waals surface area contributed by atoms with E-state index in [2.05, 4.69) is 5.10 Å². The van der Waals surface area contributed by atoms with Crippen LogP contribution in [0.1, 0.15) is 35.3 Å². The third-order valence-corrected chi connectivity index (χ3v) is 4.27. The van der Waals surface area contributed by atoms with Crippen LogP contribution in [0, 0.1) is 6.92 Å². The van der Waals surface area contributed by atoms with Gasteiger partial charge in [0.05, 0.1) is 19.3 Å². The molecular weight excluding hydrogens is 327 g/mol. The number of fused-ring (bicyclic) bond motifs is 1. The van der Waals surface area contributed by atoms with E-state index in [0.29, 0.717) is 44.0 Å². The molecule has 0 bridgehead atoms. The summed E-state index contributed by atoms with van der Waals surface area (Å²) >= 11 is 0. The van der Waals surface area contributed by atoms with E-state index in [1.54, 1.807) is 11.6 Å². The van der Waals surface area contributed by atoms with Crippen molar-refractivity contribution < 1.29 is 27.4 Å². The molecular formula is C15H20F3N3O3. The lowest BCUT2D eigenvalue weighted by Gasteiger charge is -2.34. The van der Waals surface area contributed by atoms with E-state index >= 15 is 0 Å². The minimum Gasteiger partial charge on any atom is -0.478 e. The Kier molecular flexibility index (Phi) is 4.71. The van der Waals surface area contributed by atoms with Gasteiger partial charge in [-0.05, 0) is 19.8 Å². The lowest BCUT2D eigenvalue weighted by Crippen LogP contribution is -2.49. The largest absolute Gasteiger partial charge is 0.478 e. The molecule has 0 N–H and O–H groups in total. The number of hydrogen-bond acceptors (Lipinski definition) is 4. The van der Waals surface area contributed by atoms with Crippen molar-refractivity contribution in [3.05, 3.63) is 11.3 Å². The van der Waals surface area contributed by atoms with Crippen molar-refractivity contribution in [3.63, 3.8) is 0 Å². The van der Waals surface area contributed by atoms with Crippen molar-refractivity contribution in [2.45, 2.75) is 44.9 Å². The molecule has 0 radical (unpaired) electrons. The predicted octanol–water partition coefficient (Wildman–Crippen LogP) is 2.16. The van der Waals surface area contributed by atoms with Gasteiger partial charge < -0.3 is 14.4 Å². The van der Waals surface area contributed by atoms with Crippen molar-refractivity contribution in [1.29, 1.82) is 0 Å². The average Bonchev–Trinajstić information content (AvgIpc) is 2.89. The van der Waals surface area contributed by atoms with Gasteiger partial charge in [0.25, 0.3) is 5.91 Å². The highest BCUT2D eigenvalue weighted by atomic mass is 19.4. The van der Waals surface area contributed by atoms with Crippen LogP contribution in [0.3, 0.4) is 0 Å². The van der Waals surface area contributed by atoms with E-state index < -0.39 is 24.7 Å². The zero-order valence-corrected chi connectivity index (χ0v) is 13.4. The zero-order valence-electron chi connectivity index (χ0n) is 13.4. The molecule has 134 valence electrons. The SMILES string of the molecule is Cc1c(C(=O)N(CC(F)(F)F)[C@@H]2CCCOC2)nn2c1OCCC2. The van der Waals surface area contributed by atoms with Crippen molar-refractivity contribution in [2.24, 2.45) is 0 Å². The Balaban J connectivity index is 1.89. The first kappa shape index (κ1) is 17.1. The molecule has 0 unspecified atom stereocenters. The third kappa shape index (κ3) is 3.50. The summed E-state index contributed by atoms with van der Waals surface area (Å²) in [6.45, 7) is 2.09. The third-order valence-electron chi connectivity index (χ3n) is 4.27. The Bertz CT molecular complexity index is 609. The molecule has 9 heteroatoms. The van der Waals surface area contributed by atoms with E-state index in [0.717, 1.165) is 11.3 Å². The van der Waals surface area contributed by atoms with E-state index in [1.165, 1.54) is 0 Å². The molecule has 1 fully saturated rings. The zero-order chi connectivity index (χ0) is 17.3. The Morgan fingerprint density at radius 1 is 1.38 bits per heavy atom. The Hall–Kier alpha value is -1.77. The molecule has 1 saturated heterocycles. The van der Waals surface area contributed by atoms with Gasteiger partial charge in [-0.15, -0.1) is 0 Å². The number of rotatable bonds is 3. The first-order chi connectivity index (χ1) is 11.4. The highest BCUT2D eigenvalue weighted by Gasteiger charge is 2.39. The summed E-state index contributed by atoms with van der Waals surface area (Å²) in [6, 6.07) is -0.591. The molecule has 1 aromatic rings. The van der Waals surface area contributed by atoms with Gasteiger partial charge in [-0.3, -0.25) is 4.79 Å². The Morgan fingerprint density at radius 3 is 2.79 bits per heavy atom. The number of nitrogens with zero attached hydrogens (tertiary/aromatic N) is 3. The molecule has 1 amide bonds. The lowest BCUT2D eigenvalue weighted by atomic mass is 10.1. The summed E-state index contributed by atoms with van der Waals surface area (Å²) in [5.74, 6) is -0.248. The molecule has 0 saturated carbocycles. The van der Waals surface area contributed by atoms with Crippen LogP contribution < -0.4 is 4.74 Å². The van der Waals surface area contributed by atoms with Crippen LogP contribution in [0.4, 0.5) is 13.2 Å². The number of ether oxygens (including phenoxy) is 2. The van der Waals surface area contributed by atoms with Crippen LogP contribution in [-0.2, 0) is 11.3 Å². The first-order valence-corrected chi connectivity index (χ1v) is 8.02. The average molecular weight is 347 g/mol. The van der Waals surface area contributed by atoms with Gasteiger partial charge in [-0.2, -0.15) is 18.3 Å². The highest BCUT2D eigenvalue weighted by molar-refractivity contribution is 5.94. The molecule has 0 spiro atoms. The van der Waals surface area contributed by atoms with Gasteiger partial charge in [-0.1, -0.05) is 0 Å². The maximum atomic E-state index is 13.0. The number of aromatic nitrogens is 2. The van der Waals surface area contributed by atoms with Crippen molar-refractivity contribution >= 4 is 5.91 Å². The van der Waals surface area contributed by atoms with Crippen molar-refractivity contribution in [1.82, 2.24) is 14.7 Å². The minimum atomic E-state index is -4.48. The maximum Gasteiger partial charge on any atom is 0.406 e. The second kappa shape index (κ2) is 6.62. The molecule has 3 heterocycles. The number of amides is 1. The maximum absolute atomic E-state index is 13.0. The lowest BCUT2D eigenvalue weighted by molar-refractivity contribution is -0.148. The summed E-state index contributed by atoms with van der Waals surface area (Å²) in [5, 5.41) is 4.19. The van der Waals surface area contributed by atoms with Crippen LogP contribution in [0.25, 0.3) is 0 Å². The highest BCUT2D eigenvalue weighted by Crippen LogP contribution is 2.28. The number of carbonyl (C=O) groups excluding carboxylic acids is 1. The molecule has 1 aromatic heterocycles. The Labute approximate surface area is 137 Å². The Morgan fingerprint density at radius 2 is 2.17 bits per heavy atom. The van der Waals surface area contributed by atoms with Gasteiger partial charge in [0.2, 0.25) is 5.88 Å². The topological polar surface area (TPSA) is 56.6 Å². The van der Waals surface area contributed by atoms with Gasteiger partial charge in [0, 0.05) is 25.1 Å².